The molecule has 0 radical (unpaired) electrons. The molecule has 6 aromatic carbocycles. The average molecular weight is 855 g/mol. The van der Waals surface area contributed by atoms with Gasteiger partial charge in [0.2, 0.25) is 0 Å². The maximum absolute atomic E-state index is 2.37. The average Bonchev–Trinajstić information content (AvgIpc) is 3.57. The standard InChI is InChI=1S/2C24H29.C2H6Si.2ClH.Zr/c2*1-16-21(24(5,6)7)15-18-9-8-10-20(22(16)18)17-11-13-19(14-12-17)23(2,3)4;1-3-2;;;/h2*8-15H,1-7H3;1-2H3;2*1H;/q2*-1;;;;+2/p-2. The first-order valence-electron chi connectivity index (χ1n) is 19.0. The van der Waals surface area contributed by atoms with Crippen LogP contribution in [0.5, 0.6) is 0 Å². The maximum Gasteiger partial charge on any atom is -0.0132 e. The van der Waals surface area contributed by atoms with Crippen molar-refractivity contribution in [3.63, 3.8) is 0 Å². The van der Waals surface area contributed by atoms with Crippen molar-refractivity contribution in [1.29, 1.82) is 0 Å². The molecule has 0 amide bonds. The third-order valence-corrected chi connectivity index (χ3v) is 10.1. The summed E-state index contributed by atoms with van der Waals surface area (Å²) in [6.07, 6.45) is 0. The van der Waals surface area contributed by atoms with Crippen molar-refractivity contribution in [3.05, 3.63) is 130 Å². The molecule has 0 aliphatic rings. The van der Waals surface area contributed by atoms with Crippen LogP contribution in [0.25, 0.3) is 43.8 Å². The Balaban J connectivity index is 0.000000329. The molecule has 0 fully saturated rings. The number of fused-ring (bicyclic) bond motifs is 2. The molecule has 6 rings (SSSR count). The first-order valence-corrected chi connectivity index (χ1v) is 25.2. The van der Waals surface area contributed by atoms with Crippen LogP contribution in [-0.2, 0) is 45.0 Å². The topological polar surface area (TPSA) is 0 Å². The second-order valence-electron chi connectivity index (χ2n) is 19.1. The van der Waals surface area contributed by atoms with Gasteiger partial charge in [-0.15, -0.1) is 69.1 Å². The monoisotopic (exact) mass is 852 g/mol. The van der Waals surface area contributed by atoms with E-state index in [1.807, 2.05) is 0 Å². The molecule has 0 unspecified atom stereocenters. The number of rotatable bonds is 2. The molecule has 0 saturated heterocycles. The zero-order chi connectivity index (χ0) is 39.0. The molecule has 0 saturated carbocycles. The minimum Gasteiger partial charge on any atom is -1.00 e. The van der Waals surface area contributed by atoms with E-state index in [1.165, 1.54) is 77.2 Å². The largest absolute Gasteiger partial charge is 1.00 e. The van der Waals surface area contributed by atoms with Crippen LogP contribution in [0.1, 0.15) is 116 Å². The van der Waals surface area contributed by atoms with E-state index < -0.39 is 0 Å². The van der Waals surface area contributed by atoms with Gasteiger partial charge in [-0.05, 0) is 43.9 Å². The zero-order valence-electron chi connectivity index (χ0n) is 36.0. The summed E-state index contributed by atoms with van der Waals surface area (Å²) in [7, 11) is 0. The van der Waals surface area contributed by atoms with E-state index in [4.69, 9.17) is 0 Å². The first kappa shape index (κ1) is 47.9. The summed E-state index contributed by atoms with van der Waals surface area (Å²) in [6.45, 7) is 36.5. The molecule has 0 aromatic heterocycles. The van der Waals surface area contributed by atoms with E-state index in [1.54, 1.807) is 23.3 Å². The number of hydrogen-bond acceptors (Lipinski definition) is 0. The fourth-order valence-electron chi connectivity index (χ4n) is 7.35. The zero-order valence-corrected chi connectivity index (χ0v) is 41.0. The van der Waals surface area contributed by atoms with E-state index in [0.717, 1.165) is 0 Å². The Kier molecular flexibility index (Phi) is 16.3. The Morgan fingerprint density at radius 2 is 0.722 bits per heavy atom. The number of benzene rings is 4. The molecule has 0 bridgehead atoms. The summed E-state index contributed by atoms with van der Waals surface area (Å²) in [4.78, 5) is 0. The van der Waals surface area contributed by atoms with Crippen molar-refractivity contribution in [2.24, 2.45) is 0 Å². The smallest absolute Gasteiger partial charge is 0.0132 e. The SMILES string of the molecule is C[Si](C)=[Zr+2].Cc1c(C(C)(C)C)[cH-]c2cccc(-c3ccc(C(C)(C)C)cc3)c12.Cc1c(C(C)(C)C)[cH-]c2cccc(-c3ccc(C(C)(C)C)cc3)c12.[Cl-].[Cl-]. The summed E-state index contributed by atoms with van der Waals surface area (Å²) in [5.41, 5.74) is 14.8. The molecular weight excluding hydrogens is 791 g/mol. The van der Waals surface area contributed by atoms with Crippen LogP contribution in [-0.4, -0.2) is 5.43 Å². The van der Waals surface area contributed by atoms with Gasteiger partial charge in [0.05, 0.1) is 0 Å². The van der Waals surface area contributed by atoms with Gasteiger partial charge in [-0.2, -0.15) is 11.1 Å². The quantitative estimate of drug-likeness (QED) is 0.121. The van der Waals surface area contributed by atoms with Crippen LogP contribution >= 0.6 is 0 Å². The Morgan fingerprint density at radius 3 is 0.963 bits per heavy atom. The molecule has 0 heterocycles. The van der Waals surface area contributed by atoms with E-state index in [2.05, 4.69) is 207 Å². The Hall–Kier alpha value is -2.22. The van der Waals surface area contributed by atoms with E-state index in [-0.39, 0.29) is 51.9 Å². The van der Waals surface area contributed by atoms with Gasteiger partial charge in [0.25, 0.3) is 0 Å². The Labute approximate surface area is 356 Å². The van der Waals surface area contributed by atoms with Crippen molar-refractivity contribution in [2.75, 3.05) is 0 Å². The molecule has 4 heteroatoms. The summed E-state index contributed by atoms with van der Waals surface area (Å²) in [6, 6.07) is 36.3. The first-order chi connectivity index (χ1) is 23.9. The van der Waals surface area contributed by atoms with Gasteiger partial charge in [0, 0.05) is 0 Å². The van der Waals surface area contributed by atoms with Gasteiger partial charge < -0.3 is 24.8 Å². The summed E-state index contributed by atoms with van der Waals surface area (Å²) < 4.78 is 0. The molecule has 0 N–H and O–H groups in total. The van der Waals surface area contributed by atoms with E-state index >= 15 is 0 Å². The van der Waals surface area contributed by atoms with Crippen LogP contribution in [0, 0.1) is 13.8 Å². The molecule has 0 aliphatic heterocycles. The van der Waals surface area contributed by atoms with Gasteiger partial charge in [-0.3, -0.25) is 0 Å². The van der Waals surface area contributed by atoms with E-state index in [9.17, 15) is 0 Å². The normalized spacial score (nSPS) is 11.9. The van der Waals surface area contributed by atoms with Gasteiger partial charge >= 0.3 is 41.9 Å². The molecule has 0 spiro atoms. The minimum atomic E-state index is 0. The van der Waals surface area contributed by atoms with Gasteiger partial charge in [-0.25, -0.2) is 0 Å². The second kappa shape index (κ2) is 18.4. The molecule has 0 aliphatic carbocycles. The molecule has 288 valence electrons. The summed E-state index contributed by atoms with van der Waals surface area (Å²) in [5.74, 6) is 0. The fraction of sp³-hybridized carbons (Fsp3) is 0.400. The molecule has 6 aromatic rings. The molecule has 54 heavy (non-hydrogen) atoms. The predicted octanol–water partition coefficient (Wildman–Crippen LogP) is 9.05. The van der Waals surface area contributed by atoms with Crippen molar-refractivity contribution in [1.82, 2.24) is 0 Å². The van der Waals surface area contributed by atoms with Crippen LogP contribution in [0.15, 0.2) is 97.1 Å². The number of hydrogen-bond donors (Lipinski definition) is 0. The van der Waals surface area contributed by atoms with Crippen molar-refractivity contribution >= 4 is 27.0 Å². The minimum absolute atomic E-state index is 0. The maximum atomic E-state index is 2.37. The third kappa shape index (κ3) is 11.4. The Bertz CT molecular complexity index is 1990. The van der Waals surface area contributed by atoms with Crippen LogP contribution in [0.2, 0.25) is 13.1 Å². The van der Waals surface area contributed by atoms with Crippen LogP contribution < -0.4 is 24.8 Å². The number of halogens is 2. The van der Waals surface area contributed by atoms with Gasteiger partial charge in [0.1, 0.15) is 0 Å². The Morgan fingerprint density at radius 1 is 0.444 bits per heavy atom. The van der Waals surface area contributed by atoms with Crippen LogP contribution in [0.3, 0.4) is 0 Å². The second-order valence-corrected chi connectivity index (χ2v) is 28.4. The van der Waals surface area contributed by atoms with Gasteiger partial charge in [0.15, 0.2) is 0 Å². The van der Waals surface area contributed by atoms with Crippen molar-refractivity contribution in [3.8, 4) is 22.3 Å². The van der Waals surface area contributed by atoms with Crippen LogP contribution in [0.4, 0.5) is 0 Å². The van der Waals surface area contributed by atoms with E-state index in [0.29, 0.717) is 0 Å². The fourth-order valence-corrected chi connectivity index (χ4v) is 7.35. The van der Waals surface area contributed by atoms with Crippen molar-refractivity contribution < 1.29 is 48.1 Å². The third-order valence-electron chi connectivity index (χ3n) is 10.1. The molecule has 0 atom stereocenters. The molecular formula is C50H64Cl2SiZr-2. The van der Waals surface area contributed by atoms with Crippen molar-refractivity contribution in [2.45, 2.75) is 132 Å². The van der Waals surface area contributed by atoms with Gasteiger partial charge in [-0.1, -0.05) is 169 Å². The summed E-state index contributed by atoms with van der Waals surface area (Å²) in [5, 5.41) is 5.53. The molecule has 0 nitrogen and oxygen atoms in total. The summed E-state index contributed by atoms with van der Waals surface area (Å²) >= 11 is 1.74. The number of aryl methyl sites for hydroxylation is 2. The predicted molar refractivity (Wildman–Crippen MR) is 232 cm³/mol.